The number of carbonyl (C=O) groups excluding carboxylic acids is 2. The first-order valence-corrected chi connectivity index (χ1v) is 8.87. The number of pyridine rings is 1. The fourth-order valence-corrected chi connectivity index (χ4v) is 2.67. The SMILES string of the molecule is Cc1ccc(-c2ccc(C(=O)NCCNC(=O)c3cccnc3)c(F)c2)cc1. The van der Waals surface area contributed by atoms with E-state index in [2.05, 4.69) is 15.6 Å². The molecule has 0 atom stereocenters. The van der Waals surface area contributed by atoms with Crippen LogP contribution in [0.4, 0.5) is 4.39 Å². The van der Waals surface area contributed by atoms with Gasteiger partial charge in [0.2, 0.25) is 0 Å². The highest BCUT2D eigenvalue weighted by atomic mass is 19.1. The molecule has 3 aromatic rings. The van der Waals surface area contributed by atoms with Crippen molar-refractivity contribution in [2.75, 3.05) is 13.1 Å². The lowest BCUT2D eigenvalue weighted by molar-refractivity contribution is 0.0925. The number of amides is 2. The van der Waals surface area contributed by atoms with Crippen LogP contribution in [0.5, 0.6) is 0 Å². The predicted molar refractivity (Wildman–Crippen MR) is 105 cm³/mol. The second kappa shape index (κ2) is 8.90. The molecule has 0 unspecified atom stereocenters. The van der Waals surface area contributed by atoms with Crippen molar-refractivity contribution in [1.82, 2.24) is 15.6 Å². The van der Waals surface area contributed by atoms with Crippen molar-refractivity contribution in [3.05, 3.63) is 89.5 Å². The summed E-state index contributed by atoms with van der Waals surface area (Å²) in [5.74, 6) is -1.39. The highest BCUT2D eigenvalue weighted by Crippen LogP contribution is 2.22. The van der Waals surface area contributed by atoms with Crippen LogP contribution < -0.4 is 10.6 Å². The van der Waals surface area contributed by atoms with E-state index in [1.165, 1.54) is 18.3 Å². The number of halogens is 1. The number of hydrogen-bond donors (Lipinski definition) is 2. The zero-order chi connectivity index (χ0) is 19.9. The maximum Gasteiger partial charge on any atom is 0.254 e. The fraction of sp³-hybridized carbons (Fsp3) is 0.136. The van der Waals surface area contributed by atoms with Crippen LogP contribution in [0.3, 0.4) is 0 Å². The number of benzene rings is 2. The van der Waals surface area contributed by atoms with Crippen LogP contribution in [0.15, 0.2) is 67.0 Å². The Hall–Kier alpha value is -3.54. The van der Waals surface area contributed by atoms with Crippen LogP contribution in [0.25, 0.3) is 11.1 Å². The van der Waals surface area contributed by atoms with Crippen molar-refractivity contribution in [2.24, 2.45) is 0 Å². The number of nitrogens with one attached hydrogen (secondary N) is 2. The van der Waals surface area contributed by atoms with E-state index in [-0.39, 0.29) is 24.6 Å². The van der Waals surface area contributed by atoms with E-state index in [1.54, 1.807) is 24.4 Å². The maximum absolute atomic E-state index is 14.4. The average Bonchev–Trinajstić information content (AvgIpc) is 2.72. The lowest BCUT2D eigenvalue weighted by Gasteiger charge is -2.09. The predicted octanol–water partition coefficient (Wildman–Crippen LogP) is 3.36. The molecule has 142 valence electrons. The van der Waals surface area contributed by atoms with Gasteiger partial charge in [0.05, 0.1) is 11.1 Å². The summed E-state index contributed by atoms with van der Waals surface area (Å²) in [5.41, 5.74) is 3.12. The van der Waals surface area contributed by atoms with Gasteiger partial charge in [-0.3, -0.25) is 14.6 Å². The van der Waals surface area contributed by atoms with E-state index in [0.717, 1.165) is 11.1 Å². The lowest BCUT2D eigenvalue weighted by Crippen LogP contribution is -2.35. The third-order valence-electron chi connectivity index (χ3n) is 4.22. The van der Waals surface area contributed by atoms with E-state index < -0.39 is 11.7 Å². The molecule has 3 rings (SSSR count). The van der Waals surface area contributed by atoms with E-state index >= 15 is 0 Å². The molecular formula is C22H20FN3O2. The zero-order valence-electron chi connectivity index (χ0n) is 15.4. The zero-order valence-corrected chi connectivity index (χ0v) is 15.4. The van der Waals surface area contributed by atoms with Crippen molar-refractivity contribution >= 4 is 11.8 Å². The molecule has 0 fully saturated rings. The molecule has 2 aromatic carbocycles. The van der Waals surface area contributed by atoms with Crippen molar-refractivity contribution < 1.29 is 14.0 Å². The number of nitrogens with zero attached hydrogens (tertiary/aromatic N) is 1. The standard InChI is InChI=1S/C22H20FN3O2/c1-15-4-6-16(7-5-15)17-8-9-19(20(23)13-17)22(28)26-12-11-25-21(27)18-3-2-10-24-14-18/h2-10,13-14H,11-12H2,1H3,(H,25,27)(H,26,28). The summed E-state index contributed by atoms with van der Waals surface area (Å²) in [7, 11) is 0. The Kier molecular flexibility index (Phi) is 6.11. The molecule has 0 saturated carbocycles. The van der Waals surface area contributed by atoms with Gasteiger partial charge in [-0.25, -0.2) is 4.39 Å². The Balaban J connectivity index is 1.54. The van der Waals surface area contributed by atoms with Crippen LogP contribution in [0.1, 0.15) is 26.3 Å². The normalized spacial score (nSPS) is 10.4. The van der Waals surface area contributed by atoms with Crippen LogP contribution in [-0.4, -0.2) is 29.9 Å². The molecule has 0 radical (unpaired) electrons. The summed E-state index contributed by atoms with van der Waals surface area (Å²) in [6.45, 7) is 2.39. The monoisotopic (exact) mass is 377 g/mol. The quantitative estimate of drug-likeness (QED) is 0.647. The summed E-state index contributed by atoms with van der Waals surface area (Å²) in [5, 5.41) is 5.27. The highest BCUT2D eigenvalue weighted by Gasteiger charge is 2.13. The summed E-state index contributed by atoms with van der Waals surface area (Å²) in [6.07, 6.45) is 3.04. The first-order chi connectivity index (χ1) is 13.5. The molecule has 0 saturated heterocycles. The van der Waals surface area contributed by atoms with Gasteiger partial charge in [0, 0.05) is 25.5 Å². The van der Waals surface area contributed by atoms with Crippen molar-refractivity contribution in [2.45, 2.75) is 6.92 Å². The Labute approximate surface area is 162 Å². The number of aromatic nitrogens is 1. The van der Waals surface area contributed by atoms with E-state index in [1.807, 2.05) is 31.2 Å². The van der Waals surface area contributed by atoms with Crippen LogP contribution in [0.2, 0.25) is 0 Å². The van der Waals surface area contributed by atoms with Gasteiger partial charge < -0.3 is 10.6 Å². The molecule has 6 heteroatoms. The smallest absolute Gasteiger partial charge is 0.254 e. The molecule has 1 heterocycles. The maximum atomic E-state index is 14.4. The summed E-state index contributed by atoms with van der Waals surface area (Å²) in [4.78, 5) is 28.0. The van der Waals surface area contributed by atoms with Crippen molar-refractivity contribution in [1.29, 1.82) is 0 Å². The highest BCUT2D eigenvalue weighted by molar-refractivity contribution is 5.95. The number of hydrogen-bond acceptors (Lipinski definition) is 3. The average molecular weight is 377 g/mol. The molecule has 0 bridgehead atoms. The number of carbonyl (C=O) groups is 2. The summed E-state index contributed by atoms with van der Waals surface area (Å²) in [6, 6.07) is 15.6. The molecule has 0 spiro atoms. The molecule has 2 N–H and O–H groups in total. The third-order valence-corrected chi connectivity index (χ3v) is 4.22. The van der Waals surface area contributed by atoms with E-state index in [4.69, 9.17) is 0 Å². The van der Waals surface area contributed by atoms with Gasteiger partial charge in [-0.05, 0) is 42.3 Å². The van der Waals surface area contributed by atoms with Crippen LogP contribution in [-0.2, 0) is 0 Å². The first-order valence-electron chi connectivity index (χ1n) is 8.87. The molecule has 0 aliphatic rings. The minimum Gasteiger partial charge on any atom is -0.350 e. The first kappa shape index (κ1) is 19.2. The summed E-state index contributed by atoms with van der Waals surface area (Å²) >= 11 is 0. The minimum atomic E-state index is -0.588. The van der Waals surface area contributed by atoms with Gasteiger partial charge in [-0.1, -0.05) is 35.9 Å². The molecule has 0 aliphatic heterocycles. The van der Waals surface area contributed by atoms with Crippen molar-refractivity contribution in [3.8, 4) is 11.1 Å². The molecular weight excluding hydrogens is 357 g/mol. The topological polar surface area (TPSA) is 71.1 Å². The molecule has 1 aromatic heterocycles. The number of rotatable bonds is 6. The lowest BCUT2D eigenvalue weighted by atomic mass is 10.0. The Morgan fingerprint density at radius 2 is 1.61 bits per heavy atom. The second-order valence-corrected chi connectivity index (χ2v) is 6.31. The van der Waals surface area contributed by atoms with Gasteiger partial charge in [0.1, 0.15) is 5.82 Å². The Bertz CT molecular complexity index is 973. The van der Waals surface area contributed by atoms with E-state index in [0.29, 0.717) is 11.1 Å². The number of aryl methyl sites for hydroxylation is 1. The van der Waals surface area contributed by atoms with Gasteiger partial charge in [0.25, 0.3) is 11.8 Å². The third kappa shape index (κ3) is 4.79. The molecule has 2 amide bonds. The van der Waals surface area contributed by atoms with Crippen LogP contribution in [0, 0.1) is 12.7 Å². The Morgan fingerprint density at radius 1 is 0.929 bits per heavy atom. The molecule has 28 heavy (non-hydrogen) atoms. The Morgan fingerprint density at radius 3 is 2.25 bits per heavy atom. The largest absolute Gasteiger partial charge is 0.350 e. The minimum absolute atomic E-state index is 0.0329. The van der Waals surface area contributed by atoms with E-state index in [9.17, 15) is 14.0 Å². The second-order valence-electron chi connectivity index (χ2n) is 6.31. The van der Waals surface area contributed by atoms with Gasteiger partial charge in [-0.2, -0.15) is 0 Å². The molecule has 5 nitrogen and oxygen atoms in total. The summed E-state index contributed by atoms with van der Waals surface area (Å²) < 4.78 is 14.4. The van der Waals surface area contributed by atoms with Gasteiger partial charge in [0.15, 0.2) is 0 Å². The fourth-order valence-electron chi connectivity index (χ4n) is 2.67. The molecule has 0 aliphatic carbocycles. The van der Waals surface area contributed by atoms with Crippen LogP contribution >= 0.6 is 0 Å². The van der Waals surface area contributed by atoms with Gasteiger partial charge in [-0.15, -0.1) is 0 Å². The van der Waals surface area contributed by atoms with Gasteiger partial charge >= 0.3 is 0 Å². The van der Waals surface area contributed by atoms with Crippen molar-refractivity contribution in [3.63, 3.8) is 0 Å².